The van der Waals surface area contributed by atoms with Gasteiger partial charge in [-0.15, -0.1) is 0 Å². The van der Waals surface area contributed by atoms with Crippen molar-refractivity contribution in [3.63, 3.8) is 0 Å². The van der Waals surface area contributed by atoms with Gasteiger partial charge in [-0.2, -0.15) is 0 Å². The maximum absolute atomic E-state index is 11.5. The van der Waals surface area contributed by atoms with Crippen LogP contribution in [0.1, 0.15) is 33.6 Å². The van der Waals surface area contributed by atoms with Crippen molar-refractivity contribution in [3.05, 3.63) is 0 Å². The molecule has 0 saturated carbocycles. The number of rotatable bonds is 6. The van der Waals surface area contributed by atoms with E-state index in [-0.39, 0.29) is 18.7 Å². The SMILES string of the molecule is CCC(C)CC(C)NC(=O)N(C)CCO. The molecule has 0 saturated heterocycles. The van der Waals surface area contributed by atoms with Crippen LogP contribution in [0.3, 0.4) is 0 Å². The van der Waals surface area contributed by atoms with Gasteiger partial charge in [0.25, 0.3) is 0 Å². The van der Waals surface area contributed by atoms with Gasteiger partial charge in [-0.1, -0.05) is 20.3 Å². The van der Waals surface area contributed by atoms with Crippen molar-refractivity contribution in [2.24, 2.45) is 5.92 Å². The highest BCUT2D eigenvalue weighted by Gasteiger charge is 2.12. The highest BCUT2D eigenvalue weighted by Crippen LogP contribution is 2.09. The highest BCUT2D eigenvalue weighted by molar-refractivity contribution is 5.74. The van der Waals surface area contributed by atoms with Gasteiger partial charge in [-0.3, -0.25) is 0 Å². The molecule has 0 aromatic carbocycles. The molecular formula is C11H24N2O2. The second-order valence-electron chi connectivity index (χ2n) is 4.24. The molecule has 15 heavy (non-hydrogen) atoms. The Bertz CT molecular complexity index is 185. The van der Waals surface area contributed by atoms with Gasteiger partial charge in [0.05, 0.1) is 6.61 Å². The molecule has 0 aliphatic carbocycles. The molecule has 0 bridgehead atoms. The van der Waals surface area contributed by atoms with Crippen LogP contribution in [0.25, 0.3) is 0 Å². The lowest BCUT2D eigenvalue weighted by molar-refractivity contribution is 0.186. The van der Waals surface area contributed by atoms with Crippen LogP contribution in [0, 0.1) is 5.92 Å². The van der Waals surface area contributed by atoms with E-state index in [1.165, 1.54) is 4.90 Å². The van der Waals surface area contributed by atoms with E-state index in [2.05, 4.69) is 19.2 Å². The van der Waals surface area contributed by atoms with Crippen molar-refractivity contribution in [2.45, 2.75) is 39.7 Å². The van der Waals surface area contributed by atoms with E-state index in [0.29, 0.717) is 12.5 Å². The van der Waals surface area contributed by atoms with Crippen LogP contribution in [-0.2, 0) is 0 Å². The Labute approximate surface area is 92.7 Å². The van der Waals surface area contributed by atoms with Gasteiger partial charge in [-0.25, -0.2) is 4.79 Å². The lowest BCUT2D eigenvalue weighted by Crippen LogP contribution is -2.43. The predicted molar refractivity (Wildman–Crippen MR) is 61.8 cm³/mol. The first-order valence-electron chi connectivity index (χ1n) is 5.63. The molecule has 0 heterocycles. The Balaban J connectivity index is 3.84. The maximum Gasteiger partial charge on any atom is 0.317 e. The molecule has 2 atom stereocenters. The minimum atomic E-state index is -0.111. The number of hydrogen-bond acceptors (Lipinski definition) is 2. The quantitative estimate of drug-likeness (QED) is 0.706. The smallest absolute Gasteiger partial charge is 0.317 e. The Hall–Kier alpha value is -0.770. The fraction of sp³-hybridized carbons (Fsp3) is 0.909. The zero-order valence-electron chi connectivity index (χ0n) is 10.3. The van der Waals surface area contributed by atoms with Gasteiger partial charge in [-0.05, 0) is 19.3 Å². The third-order valence-corrected chi connectivity index (χ3v) is 2.60. The molecule has 2 unspecified atom stereocenters. The van der Waals surface area contributed by atoms with Crippen molar-refractivity contribution < 1.29 is 9.90 Å². The summed E-state index contributed by atoms with van der Waals surface area (Å²) in [4.78, 5) is 13.0. The van der Waals surface area contributed by atoms with Crippen LogP contribution in [0.2, 0.25) is 0 Å². The zero-order chi connectivity index (χ0) is 11.8. The fourth-order valence-electron chi connectivity index (χ4n) is 1.40. The van der Waals surface area contributed by atoms with Gasteiger partial charge >= 0.3 is 6.03 Å². The van der Waals surface area contributed by atoms with Crippen LogP contribution in [0.15, 0.2) is 0 Å². The summed E-state index contributed by atoms with van der Waals surface area (Å²) < 4.78 is 0. The number of likely N-dealkylation sites (N-methyl/N-ethyl adjacent to an activating group) is 1. The number of amides is 2. The van der Waals surface area contributed by atoms with E-state index in [9.17, 15) is 4.79 Å². The third-order valence-electron chi connectivity index (χ3n) is 2.60. The number of hydrogen-bond donors (Lipinski definition) is 2. The summed E-state index contributed by atoms with van der Waals surface area (Å²) in [5.74, 6) is 0.628. The van der Waals surface area contributed by atoms with Gasteiger partial charge < -0.3 is 15.3 Å². The van der Waals surface area contributed by atoms with Crippen LogP contribution < -0.4 is 5.32 Å². The minimum absolute atomic E-state index is 0.00363. The average molecular weight is 216 g/mol. The number of aliphatic hydroxyl groups excluding tert-OH is 1. The molecule has 2 amide bonds. The van der Waals surface area contributed by atoms with Crippen molar-refractivity contribution in [1.82, 2.24) is 10.2 Å². The first-order valence-corrected chi connectivity index (χ1v) is 5.63. The molecule has 4 heteroatoms. The second kappa shape index (κ2) is 7.51. The summed E-state index contributed by atoms with van der Waals surface area (Å²) in [6.07, 6.45) is 2.13. The fourth-order valence-corrected chi connectivity index (χ4v) is 1.40. The van der Waals surface area contributed by atoms with Gasteiger partial charge in [0.15, 0.2) is 0 Å². The highest BCUT2D eigenvalue weighted by atomic mass is 16.3. The summed E-state index contributed by atoms with van der Waals surface area (Å²) in [7, 11) is 1.68. The normalized spacial score (nSPS) is 14.5. The Morgan fingerprint density at radius 1 is 1.47 bits per heavy atom. The number of nitrogens with zero attached hydrogens (tertiary/aromatic N) is 1. The number of carbonyl (C=O) groups excluding carboxylic acids is 1. The van der Waals surface area contributed by atoms with Gasteiger partial charge in [0, 0.05) is 19.6 Å². The standard InChI is InChI=1S/C11H24N2O2/c1-5-9(2)8-10(3)12-11(15)13(4)6-7-14/h9-10,14H,5-8H2,1-4H3,(H,12,15). The molecule has 2 N–H and O–H groups in total. The molecule has 0 aromatic rings. The predicted octanol–water partition coefficient (Wildman–Crippen LogP) is 1.44. The molecule has 4 nitrogen and oxygen atoms in total. The van der Waals surface area contributed by atoms with E-state index in [4.69, 9.17) is 5.11 Å². The first-order chi connectivity index (χ1) is 7.01. The lowest BCUT2D eigenvalue weighted by Gasteiger charge is -2.22. The number of aliphatic hydroxyl groups is 1. The molecule has 0 aliphatic rings. The summed E-state index contributed by atoms with van der Waals surface area (Å²) in [6.45, 7) is 6.72. The average Bonchev–Trinajstić information content (AvgIpc) is 2.17. The number of carbonyl (C=O) groups is 1. The Morgan fingerprint density at radius 2 is 2.07 bits per heavy atom. The Kier molecular flexibility index (Phi) is 7.13. The monoisotopic (exact) mass is 216 g/mol. The van der Waals surface area contributed by atoms with Crippen LogP contribution in [-0.4, -0.2) is 42.3 Å². The summed E-state index contributed by atoms with van der Waals surface area (Å²) >= 11 is 0. The molecule has 0 radical (unpaired) electrons. The van der Waals surface area contributed by atoms with Crippen LogP contribution >= 0.6 is 0 Å². The van der Waals surface area contributed by atoms with E-state index in [1.54, 1.807) is 7.05 Å². The molecular weight excluding hydrogens is 192 g/mol. The molecule has 0 rings (SSSR count). The van der Waals surface area contributed by atoms with Crippen LogP contribution in [0.5, 0.6) is 0 Å². The molecule has 0 spiro atoms. The number of nitrogens with one attached hydrogen (secondary N) is 1. The van der Waals surface area contributed by atoms with Crippen molar-refractivity contribution in [1.29, 1.82) is 0 Å². The van der Waals surface area contributed by atoms with Crippen LogP contribution in [0.4, 0.5) is 4.79 Å². The third kappa shape index (κ3) is 6.33. The number of urea groups is 1. The Morgan fingerprint density at radius 3 is 2.53 bits per heavy atom. The van der Waals surface area contributed by atoms with Crippen molar-refractivity contribution in [2.75, 3.05) is 20.2 Å². The van der Waals surface area contributed by atoms with Crippen molar-refractivity contribution >= 4 is 6.03 Å². The van der Waals surface area contributed by atoms with E-state index in [1.807, 2.05) is 6.92 Å². The van der Waals surface area contributed by atoms with Gasteiger partial charge in [0.1, 0.15) is 0 Å². The molecule has 90 valence electrons. The van der Waals surface area contributed by atoms with E-state index < -0.39 is 0 Å². The topological polar surface area (TPSA) is 52.6 Å². The first kappa shape index (κ1) is 14.2. The van der Waals surface area contributed by atoms with E-state index in [0.717, 1.165) is 12.8 Å². The molecule has 0 aliphatic heterocycles. The maximum atomic E-state index is 11.5. The zero-order valence-corrected chi connectivity index (χ0v) is 10.3. The molecule has 0 fully saturated rings. The summed E-state index contributed by atoms with van der Waals surface area (Å²) in [5, 5.41) is 11.6. The largest absolute Gasteiger partial charge is 0.395 e. The minimum Gasteiger partial charge on any atom is -0.395 e. The van der Waals surface area contributed by atoms with Crippen molar-refractivity contribution in [3.8, 4) is 0 Å². The van der Waals surface area contributed by atoms with E-state index >= 15 is 0 Å². The molecule has 0 aromatic heterocycles. The van der Waals surface area contributed by atoms with Gasteiger partial charge in [0.2, 0.25) is 0 Å². The summed E-state index contributed by atoms with van der Waals surface area (Å²) in [6, 6.07) is 0.0773. The lowest BCUT2D eigenvalue weighted by atomic mass is 10.0. The summed E-state index contributed by atoms with van der Waals surface area (Å²) in [5.41, 5.74) is 0. The second-order valence-corrected chi connectivity index (χ2v) is 4.24.